The zero-order chi connectivity index (χ0) is 22.1. The monoisotopic (exact) mass is 448 g/mol. The molecule has 0 unspecified atom stereocenters. The summed E-state index contributed by atoms with van der Waals surface area (Å²) in [6.45, 7) is 8.17. The van der Waals surface area contributed by atoms with Gasteiger partial charge in [0.15, 0.2) is 0 Å². The molecule has 0 aliphatic carbocycles. The van der Waals surface area contributed by atoms with Crippen LogP contribution in [0.25, 0.3) is 0 Å². The van der Waals surface area contributed by atoms with E-state index in [0.717, 1.165) is 22.3 Å². The number of nitrogens with zero attached hydrogens (tertiary/aromatic N) is 1. The van der Waals surface area contributed by atoms with Crippen molar-refractivity contribution < 1.29 is 13.2 Å². The van der Waals surface area contributed by atoms with Gasteiger partial charge in [-0.3, -0.25) is 4.79 Å². The first kappa shape index (κ1) is 22.8. The molecular formula is C23H29ClN2O3S. The van der Waals surface area contributed by atoms with Crippen molar-refractivity contribution in [2.24, 2.45) is 5.92 Å². The second-order valence-corrected chi connectivity index (χ2v) is 10.5. The van der Waals surface area contributed by atoms with Gasteiger partial charge in [0.1, 0.15) is 0 Å². The summed E-state index contributed by atoms with van der Waals surface area (Å²) in [5.74, 6) is -0.482. The Morgan fingerprint density at radius 1 is 1.13 bits per heavy atom. The van der Waals surface area contributed by atoms with Gasteiger partial charge < -0.3 is 5.32 Å². The Hall–Kier alpha value is -1.89. The van der Waals surface area contributed by atoms with Crippen LogP contribution in [0.4, 0.5) is 0 Å². The molecule has 1 aliphatic rings. The molecule has 2 aromatic carbocycles. The lowest BCUT2D eigenvalue weighted by Gasteiger charge is -2.32. The predicted octanol–water partition coefficient (Wildman–Crippen LogP) is 4.54. The van der Waals surface area contributed by atoms with Crippen molar-refractivity contribution in [3.63, 3.8) is 0 Å². The van der Waals surface area contributed by atoms with E-state index in [4.69, 9.17) is 11.6 Å². The average Bonchev–Trinajstić information content (AvgIpc) is 2.67. The van der Waals surface area contributed by atoms with Crippen molar-refractivity contribution >= 4 is 27.5 Å². The summed E-state index contributed by atoms with van der Waals surface area (Å²) in [6.07, 6.45) is 1.34. The van der Waals surface area contributed by atoms with E-state index in [1.54, 1.807) is 12.1 Å². The van der Waals surface area contributed by atoms with E-state index in [0.29, 0.717) is 29.3 Å². The fourth-order valence-corrected chi connectivity index (χ4v) is 6.30. The number of carbonyl (C=O) groups is 1. The Balaban J connectivity index is 1.74. The van der Waals surface area contributed by atoms with Gasteiger partial charge in [0.2, 0.25) is 15.9 Å². The number of aryl methyl sites for hydroxylation is 3. The van der Waals surface area contributed by atoms with E-state index >= 15 is 0 Å². The standard InChI is InChI=1S/C23H29ClN2O3S/c1-15-12-16(2)22(17(3)13-15)30(28,29)26-11-5-6-20(14-26)23(27)25-18(4)19-7-9-21(24)10-8-19/h7-10,12-13,18,20H,5-6,11,14H2,1-4H3,(H,25,27)/t18-,20+/m0/s1. The SMILES string of the molecule is Cc1cc(C)c(S(=O)(=O)N2CCC[C@@H](C(=O)N[C@@H](C)c3ccc(Cl)cc3)C2)c(C)c1. The van der Waals surface area contributed by atoms with Crippen LogP contribution < -0.4 is 5.32 Å². The molecule has 1 aliphatic heterocycles. The molecule has 162 valence electrons. The summed E-state index contributed by atoms with van der Waals surface area (Å²) in [6, 6.07) is 11.0. The van der Waals surface area contributed by atoms with Crippen LogP contribution in [0.2, 0.25) is 5.02 Å². The van der Waals surface area contributed by atoms with Crippen molar-refractivity contribution in [3.05, 3.63) is 63.7 Å². The number of carbonyl (C=O) groups excluding carboxylic acids is 1. The minimum absolute atomic E-state index is 0.116. The van der Waals surface area contributed by atoms with E-state index in [-0.39, 0.29) is 24.4 Å². The van der Waals surface area contributed by atoms with Crippen LogP contribution in [-0.4, -0.2) is 31.7 Å². The van der Waals surface area contributed by atoms with E-state index in [2.05, 4.69) is 5.32 Å². The van der Waals surface area contributed by atoms with Gasteiger partial charge >= 0.3 is 0 Å². The molecule has 0 bridgehead atoms. The Morgan fingerprint density at radius 3 is 2.33 bits per heavy atom. The van der Waals surface area contributed by atoms with Gasteiger partial charge in [-0.1, -0.05) is 41.4 Å². The molecule has 5 nitrogen and oxygen atoms in total. The lowest BCUT2D eigenvalue weighted by Crippen LogP contribution is -2.46. The minimum atomic E-state index is -3.65. The molecule has 0 saturated carbocycles. The second kappa shape index (κ2) is 9.08. The summed E-state index contributed by atoms with van der Waals surface area (Å²) in [7, 11) is -3.65. The Labute approximate surface area is 184 Å². The highest BCUT2D eigenvalue weighted by Crippen LogP contribution is 2.29. The number of benzene rings is 2. The molecule has 0 spiro atoms. The van der Waals surface area contributed by atoms with Gasteiger partial charge in [0.05, 0.1) is 16.9 Å². The number of sulfonamides is 1. The van der Waals surface area contributed by atoms with E-state index < -0.39 is 10.0 Å². The van der Waals surface area contributed by atoms with Crippen molar-refractivity contribution in [2.75, 3.05) is 13.1 Å². The number of piperidine rings is 1. The van der Waals surface area contributed by atoms with Crippen LogP contribution in [0.3, 0.4) is 0 Å². The third-order valence-electron chi connectivity index (χ3n) is 5.69. The van der Waals surface area contributed by atoms with E-state index in [1.807, 2.05) is 52.0 Å². The smallest absolute Gasteiger partial charge is 0.243 e. The normalized spacial score (nSPS) is 18.8. The first-order chi connectivity index (χ1) is 14.1. The van der Waals surface area contributed by atoms with Gasteiger partial charge in [-0.25, -0.2) is 8.42 Å². The number of halogens is 1. The van der Waals surface area contributed by atoms with Gasteiger partial charge in [0.25, 0.3) is 0 Å². The maximum absolute atomic E-state index is 13.4. The molecule has 2 atom stereocenters. The van der Waals surface area contributed by atoms with E-state index in [1.165, 1.54) is 4.31 Å². The fraction of sp³-hybridized carbons (Fsp3) is 0.435. The van der Waals surface area contributed by atoms with Crippen molar-refractivity contribution in [1.82, 2.24) is 9.62 Å². The summed E-state index contributed by atoms with van der Waals surface area (Å²) < 4.78 is 28.2. The first-order valence-corrected chi connectivity index (χ1v) is 12.0. The highest BCUT2D eigenvalue weighted by Gasteiger charge is 2.35. The second-order valence-electron chi connectivity index (χ2n) is 8.21. The largest absolute Gasteiger partial charge is 0.349 e. The zero-order valence-electron chi connectivity index (χ0n) is 17.9. The molecule has 7 heteroatoms. The molecule has 2 aromatic rings. The molecule has 1 amide bonds. The van der Waals surface area contributed by atoms with Crippen LogP contribution in [0.15, 0.2) is 41.3 Å². The molecule has 1 N–H and O–H groups in total. The van der Waals surface area contributed by atoms with E-state index in [9.17, 15) is 13.2 Å². The summed E-state index contributed by atoms with van der Waals surface area (Å²) >= 11 is 5.93. The van der Waals surface area contributed by atoms with Crippen molar-refractivity contribution in [2.45, 2.75) is 51.5 Å². The zero-order valence-corrected chi connectivity index (χ0v) is 19.5. The Kier molecular flexibility index (Phi) is 6.90. The third-order valence-corrected chi connectivity index (χ3v) is 8.11. The van der Waals surface area contributed by atoms with Gasteiger partial charge in [-0.2, -0.15) is 4.31 Å². The average molecular weight is 449 g/mol. The number of rotatable bonds is 5. The van der Waals surface area contributed by atoms with Gasteiger partial charge in [-0.05, 0) is 69.4 Å². The number of hydrogen-bond donors (Lipinski definition) is 1. The van der Waals surface area contributed by atoms with Crippen LogP contribution in [0.1, 0.15) is 48.1 Å². The minimum Gasteiger partial charge on any atom is -0.349 e. The molecule has 0 radical (unpaired) electrons. The molecule has 1 heterocycles. The Morgan fingerprint density at radius 2 is 1.73 bits per heavy atom. The molecule has 30 heavy (non-hydrogen) atoms. The molecule has 1 fully saturated rings. The van der Waals surface area contributed by atoms with Crippen molar-refractivity contribution in [1.29, 1.82) is 0 Å². The van der Waals surface area contributed by atoms with Crippen LogP contribution in [0, 0.1) is 26.7 Å². The van der Waals surface area contributed by atoms with Crippen molar-refractivity contribution in [3.8, 4) is 0 Å². The Bertz CT molecular complexity index is 1010. The lowest BCUT2D eigenvalue weighted by atomic mass is 9.98. The highest BCUT2D eigenvalue weighted by atomic mass is 35.5. The summed E-state index contributed by atoms with van der Waals surface area (Å²) in [5, 5.41) is 3.67. The summed E-state index contributed by atoms with van der Waals surface area (Å²) in [5.41, 5.74) is 3.49. The highest BCUT2D eigenvalue weighted by molar-refractivity contribution is 7.89. The quantitative estimate of drug-likeness (QED) is 0.729. The van der Waals surface area contributed by atoms with Gasteiger partial charge in [0, 0.05) is 18.1 Å². The third kappa shape index (κ3) is 4.88. The maximum Gasteiger partial charge on any atom is 0.243 e. The van der Waals surface area contributed by atoms with Crippen LogP contribution >= 0.6 is 11.6 Å². The molecule has 0 aromatic heterocycles. The number of amides is 1. The summed E-state index contributed by atoms with van der Waals surface area (Å²) in [4.78, 5) is 13.2. The van der Waals surface area contributed by atoms with Crippen LogP contribution in [0.5, 0.6) is 0 Å². The lowest BCUT2D eigenvalue weighted by molar-refractivity contribution is -0.126. The maximum atomic E-state index is 13.4. The molecular weight excluding hydrogens is 420 g/mol. The number of hydrogen-bond acceptors (Lipinski definition) is 3. The fourth-order valence-electron chi connectivity index (χ4n) is 4.24. The topological polar surface area (TPSA) is 66.5 Å². The molecule has 1 saturated heterocycles. The predicted molar refractivity (Wildman–Crippen MR) is 120 cm³/mol. The first-order valence-electron chi connectivity index (χ1n) is 10.2. The van der Waals surface area contributed by atoms with Crippen LogP contribution in [-0.2, 0) is 14.8 Å². The number of nitrogens with one attached hydrogen (secondary N) is 1. The van der Waals surface area contributed by atoms with Gasteiger partial charge in [-0.15, -0.1) is 0 Å². The molecule has 3 rings (SSSR count).